The predicted octanol–water partition coefficient (Wildman–Crippen LogP) is 5.27. The first kappa shape index (κ1) is 31.9. The van der Waals surface area contributed by atoms with Gasteiger partial charge in [-0.25, -0.2) is 19.6 Å². The number of carbonyl (C=O) groups is 2. The summed E-state index contributed by atoms with van der Waals surface area (Å²) < 4.78 is 37.2. The molecule has 0 aromatic heterocycles. The Morgan fingerprint density at radius 2 is 1.00 bits per heavy atom. The van der Waals surface area contributed by atoms with Gasteiger partial charge in [-0.3, -0.25) is 9.59 Å². The Morgan fingerprint density at radius 3 is 1.41 bits per heavy atom. The minimum Gasteiger partial charge on any atom is -0.435 e. The monoisotopic (exact) mass is 650 g/mol. The van der Waals surface area contributed by atoms with Crippen LogP contribution in [0.2, 0.25) is 0 Å². The number of hydrogen-bond donors (Lipinski definition) is 0. The van der Waals surface area contributed by atoms with Gasteiger partial charge < -0.3 is 28.4 Å². The van der Waals surface area contributed by atoms with Crippen LogP contribution >= 0.6 is 0 Å². The Morgan fingerprint density at radius 1 is 0.587 bits per heavy atom. The first-order chi connectivity index (χ1) is 21.9. The van der Waals surface area contributed by atoms with Crippen molar-refractivity contribution in [3.63, 3.8) is 0 Å². The van der Waals surface area contributed by atoms with E-state index in [1.807, 2.05) is 27.7 Å². The van der Waals surface area contributed by atoms with Crippen molar-refractivity contribution in [3.05, 3.63) is 0 Å². The number of fused-ring (bicyclic) bond motifs is 4. The molecule has 258 valence electrons. The van der Waals surface area contributed by atoms with Gasteiger partial charge in [0.2, 0.25) is 24.2 Å². The van der Waals surface area contributed by atoms with E-state index in [0.717, 1.165) is 38.5 Å². The largest absolute Gasteiger partial charge is 0.435 e. The van der Waals surface area contributed by atoms with E-state index in [1.54, 1.807) is 0 Å². The molecule has 0 N–H and O–H groups in total. The molecule has 0 aromatic carbocycles. The van der Waals surface area contributed by atoms with Gasteiger partial charge in [0.05, 0.1) is 12.8 Å². The predicted molar refractivity (Wildman–Crippen MR) is 155 cm³/mol. The lowest BCUT2D eigenvalue weighted by molar-refractivity contribution is -0.576. The van der Waals surface area contributed by atoms with Crippen molar-refractivity contribution >= 4 is 11.9 Å². The number of ether oxygens (including phenoxy) is 6. The van der Waals surface area contributed by atoms with Gasteiger partial charge in [-0.1, -0.05) is 27.7 Å². The smallest absolute Gasteiger partial charge is 0.308 e. The summed E-state index contributed by atoms with van der Waals surface area (Å²) in [7, 11) is 0. The van der Waals surface area contributed by atoms with Crippen LogP contribution < -0.4 is 0 Å². The van der Waals surface area contributed by atoms with Crippen LogP contribution in [0.4, 0.5) is 0 Å². The minimum absolute atomic E-state index is 0.0339. The summed E-state index contributed by atoms with van der Waals surface area (Å²) in [4.78, 5) is 50.3. The highest BCUT2D eigenvalue weighted by Gasteiger charge is 2.71. The van der Waals surface area contributed by atoms with Crippen molar-refractivity contribution < 1.29 is 57.6 Å². The van der Waals surface area contributed by atoms with Crippen LogP contribution in [-0.4, -0.2) is 59.9 Å². The van der Waals surface area contributed by atoms with Crippen LogP contribution in [0.5, 0.6) is 0 Å². The first-order valence-electron chi connectivity index (χ1n) is 17.7. The van der Waals surface area contributed by atoms with E-state index in [4.69, 9.17) is 48.0 Å². The van der Waals surface area contributed by atoms with Gasteiger partial charge in [0.15, 0.2) is 23.8 Å². The van der Waals surface area contributed by atoms with Gasteiger partial charge in [0.1, 0.15) is 0 Å². The van der Waals surface area contributed by atoms with E-state index in [2.05, 4.69) is 13.8 Å². The highest BCUT2D eigenvalue weighted by atomic mass is 17.3. The zero-order chi connectivity index (χ0) is 32.2. The molecule has 12 heteroatoms. The van der Waals surface area contributed by atoms with Gasteiger partial charge in [0.25, 0.3) is 0 Å². The molecular weight excluding hydrogens is 600 g/mol. The number of carbonyl (C=O) groups excluding carboxylic acids is 2. The third-order valence-electron chi connectivity index (χ3n) is 13.2. The molecule has 8 heterocycles. The average molecular weight is 651 g/mol. The Balaban J connectivity index is 0.902. The van der Waals surface area contributed by atoms with Crippen LogP contribution in [0.15, 0.2) is 0 Å². The zero-order valence-electron chi connectivity index (χ0n) is 27.9. The lowest BCUT2D eigenvalue weighted by Gasteiger charge is -2.60. The lowest BCUT2D eigenvalue weighted by atomic mass is 9.58. The quantitative estimate of drug-likeness (QED) is 0.284. The zero-order valence-corrected chi connectivity index (χ0v) is 27.9. The number of esters is 2. The van der Waals surface area contributed by atoms with E-state index >= 15 is 0 Å². The summed E-state index contributed by atoms with van der Waals surface area (Å²) in [6, 6.07) is 0. The molecule has 10 aliphatic rings. The maximum absolute atomic E-state index is 13.1. The van der Waals surface area contributed by atoms with Gasteiger partial charge in [0, 0.05) is 36.5 Å². The summed E-state index contributed by atoms with van der Waals surface area (Å²) in [5.74, 6) is -1.81. The van der Waals surface area contributed by atoms with Gasteiger partial charge >= 0.3 is 11.9 Å². The molecule has 2 aliphatic carbocycles. The molecule has 12 nitrogen and oxygen atoms in total. The topological polar surface area (TPSA) is 126 Å². The van der Waals surface area contributed by atoms with Crippen molar-refractivity contribution in [3.8, 4) is 0 Å². The molecule has 10 rings (SSSR count). The third kappa shape index (κ3) is 4.68. The van der Waals surface area contributed by atoms with E-state index in [9.17, 15) is 9.59 Å². The number of rotatable bonds is 5. The fraction of sp³-hybridized carbons (Fsp3) is 0.941. The molecule has 8 saturated heterocycles. The maximum Gasteiger partial charge on any atom is 0.308 e. The fourth-order valence-corrected chi connectivity index (χ4v) is 10.6. The van der Waals surface area contributed by atoms with Crippen LogP contribution in [0.1, 0.15) is 106 Å². The second-order valence-corrected chi connectivity index (χ2v) is 16.0. The van der Waals surface area contributed by atoms with Crippen LogP contribution in [0.3, 0.4) is 0 Å². The molecule has 46 heavy (non-hydrogen) atoms. The van der Waals surface area contributed by atoms with Crippen LogP contribution in [-0.2, 0) is 57.6 Å². The molecule has 0 radical (unpaired) electrons. The Labute approximate surface area is 270 Å². The molecule has 4 bridgehead atoms. The van der Waals surface area contributed by atoms with E-state index in [1.165, 1.54) is 0 Å². The Kier molecular flexibility index (Phi) is 7.66. The van der Waals surface area contributed by atoms with Crippen molar-refractivity contribution in [2.24, 2.45) is 47.3 Å². The molecule has 8 aliphatic heterocycles. The van der Waals surface area contributed by atoms with E-state index in [-0.39, 0.29) is 48.3 Å². The van der Waals surface area contributed by atoms with E-state index < -0.39 is 59.9 Å². The SMILES string of the molecule is C[C@H]1[C@H](OC(=O)CCC(=O)O[C@@H]2O[C@@H]3O[C@@]4(C)CC[C@H]5[C@H](C)CC[C@H]([C@H]2C)[C@@]35OO4)O[C@@H]2O[C@@]3(C)CC[C@@H]4[C@H](C)CC[C@H]1[C@@]24OO3. The van der Waals surface area contributed by atoms with Crippen LogP contribution in [0.25, 0.3) is 0 Å². The average Bonchev–Trinajstić information content (AvgIpc) is 3.39. The highest BCUT2D eigenvalue weighted by molar-refractivity contribution is 5.77. The Bertz CT molecular complexity index is 1140. The number of hydrogen-bond acceptors (Lipinski definition) is 12. The summed E-state index contributed by atoms with van der Waals surface area (Å²) >= 11 is 0. The molecule has 0 unspecified atom stereocenters. The third-order valence-corrected chi connectivity index (χ3v) is 13.2. The minimum atomic E-state index is -0.913. The van der Waals surface area contributed by atoms with Crippen molar-refractivity contribution in [1.29, 1.82) is 0 Å². The first-order valence-corrected chi connectivity index (χ1v) is 17.7. The van der Waals surface area contributed by atoms with Crippen LogP contribution in [0, 0.1) is 47.3 Å². The molecule has 0 aromatic rings. The van der Waals surface area contributed by atoms with Gasteiger partial charge in [-0.05, 0) is 76.0 Å². The normalized spacial score (nSPS) is 55.3. The molecule has 2 spiro atoms. The second-order valence-electron chi connectivity index (χ2n) is 16.0. The second kappa shape index (κ2) is 11.1. The van der Waals surface area contributed by atoms with Crippen molar-refractivity contribution in [1.82, 2.24) is 0 Å². The molecule has 10 fully saturated rings. The van der Waals surface area contributed by atoms with E-state index in [0.29, 0.717) is 24.7 Å². The maximum atomic E-state index is 13.1. The highest BCUT2D eigenvalue weighted by Crippen LogP contribution is 2.62. The van der Waals surface area contributed by atoms with Crippen molar-refractivity contribution in [2.45, 2.75) is 154 Å². The summed E-state index contributed by atoms with van der Waals surface area (Å²) in [6.45, 7) is 12.3. The molecule has 0 amide bonds. The van der Waals surface area contributed by atoms with Gasteiger partial charge in [-0.2, -0.15) is 0 Å². The summed E-state index contributed by atoms with van der Waals surface area (Å²) in [5.41, 5.74) is -1.47. The summed E-state index contributed by atoms with van der Waals surface area (Å²) in [5, 5.41) is 0. The molecular formula is C34H50O12. The van der Waals surface area contributed by atoms with Gasteiger partial charge in [-0.15, -0.1) is 0 Å². The van der Waals surface area contributed by atoms with Crippen molar-refractivity contribution in [2.75, 3.05) is 0 Å². The lowest BCUT2D eigenvalue weighted by Crippen LogP contribution is -2.70. The Hall–Kier alpha value is -1.38. The summed E-state index contributed by atoms with van der Waals surface area (Å²) in [6.07, 6.45) is 3.78. The fourth-order valence-electron chi connectivity index (χ4n) is 10.6. The molecule has 2 saturated carbocycles. The standard InChI is InChI=1S/C34H50O12/c1-17-7-9-23-19(3)27(39-29-33(23)21(17)13-15-31(5,41-29)43-45-33)37-25(35)11-12-26(36)38-28-20(4)24-10-8-18(2)22-14-16-32(6)42-30(40-28)34(22,24)46-44-32/h17-24,27-30H,7-16H2,1-6H3/t17-,18-,19-,20-,21-,22+,23-,24-,27-,28-,29-,30-,31-,32-,33-,34-/m1/s1. The molecule has 16 atom stereocenters.